The molecule has 1 saturated heterocycles. The largest absolute Gasteiger partial charge is 0.388 e. The van der Waals surface area contributed by atoms with Gasteiger partial charge in [-0.25, -0.2) is 4.98 Å². The number of rotatable bonds is 4. The number of hydrogen-bond acceptors (Lipinski definition) is 4. The van der Waals surface area contributed by atoms with Crippen molar-refractivity contribution in [2.24, 2.45) is 5.92 Å². The van der Waals surface area contributed by atoms with E-state index < -0.39 is 5.60 Å². The van der Waals surface area contributed by atoms with Gasteiger partial charge in [0.15, 0.2) is 0 Å². The van der Waals surface area contributed by atoms with Gasteiger partial charge in [0, 0.05) is 25.0 Å². The molecule has 0 spiro atoms. The zero-order valence-electron chi connectivity index (χ0n) is 16.4. The molecule has 0 radical (unpaired) electrons. The third kappa shape index (κ3) is 3.96. The third-order valence-corrected chi connectivity index (χ3v) is 6.42. The molecule has 2 N–H and O–H groups in total. The van der Waals surface area contributed by atoms with E-state index in [4.69, 9.17) is 16.6 Å². The second kappa shape index (κ2) is 7.88. The Balaban J connectivity index is 1.56. The molecule has 1 unspecified atom stereocenters. The van der Waals surface area contributed by atoms with Crippen molar-refractivity contribution in [1.82, 2.24) is 10.3 Å². The van der Waals surface area contributed by atoms with E-state index in [1.807, 2.05) is 18.2 Å². The van der Waals surface area contributed by atoms with Gasteiger partial charge in [-0.05, 0) is 55.9 Å². The summed E-state index contributed by atoms with van der Waals surface area (Å²) in [6.45, 7) is 4.45. The lowest BCUT2D eigenvalue weighted by Gasteiger charge is -2.35. The quantitative estimate of drug-likeness (QED) is 0.807. The lowest BCUT2D eigenvalue weighted by Crippen LogP contribution is -2.45. The smallest absolute Gasteiger partial charge is 0.253 e. The molecule has 4 rings (SSSR count). The van der Waals surface area contributed by atoms with Crippen molar-refractivity contribution in [2.75, 3.05) is 24.5 Å². The Hall–Kier alpha value is -1.85. The highest BCUT2D eigenvalue weighted by molar-refractivity contribution is 6.35. The standard InChI is InChI=1S/C22H28ClN3O2/c1-15-5-4-10-22(28,13-15)14-24-21(27)20-16-6-9-19(26-11-2-3-12-26)25-18(16)8-7-17(20)23/h6-9,15,28H,2-5,10-14H2,1H3,(H,24,27)/t15-,22?/m0/s1. The van der Waals surface area contributed by atoms with Gasteiger partial charge in [0.25, 0.3) is 5.91 Å². The molecule has 6 heteroatoms. The molecule has 150 valence electrons. The molecule has 28 heavy (non-hydrogen) atoms. The summed E-state index contributed by atoms with van der Waals surface area (Å²) in [4.78, 5) is 20.0. The van der Waals surface area contributed by atoms with Crippen LogP contribution < -0.4 is 10.2 Å². The lowest BCUT2D eigenvalue weighted by molar-refractivity contribution is -0.0109. The first-order valence-corrected chi connectivity index (χ1v) is 10.7. The summed E-state index contributed by atoms with van der Waals surface area (Å²) >= 11 is 6.38. The van der Waals surface area contributed by atoms with Crippen LogP contribution in [0.15, 0.2) is 24.3 Å². The first kappa shape index (κ1) is 19.5. The highest BCUT2D eigenvalue weighted by atomic mass is 35.5. The van der Waals surface area contributed by atoms with Crippen LogP contribution >= 0.6 is 11.6 Å². The maximum absolute atomic E-state index is 12.9. The molecule has 1 aliphatic heterocycles. The number of pyridine rings is 1. The summed E-state index contributed by atoms with van der Waals surface area (Å²) in [7, 11) is 0. The summed E-state index contributed by atoms with van der Waals surface area (Å²) in [5.41, 5.74) is 0.377. The Morgan fingerprint density at radius 1 is 1.29 bits per heavy atom. The van der Waals surface area contributed by atoms with Crippen molar-refractivity contribution in [1.29, 1.82) is 0 Å². The fraction of sp³-hybridized carbons (Fsp3) is 0.545. The molecular weight excluding hydrogens is 374 g/mol. The number of halogens is 1. The van der Waals surface area contributed by atoms with Crippen LogP contribution in [0.1, 0.15) is 55.8 Å². The number of carbonyl (C=O) groups excluding carboxylic acids is 1. The van der Waals surface area contributed by atoms with Crippen molar-refractivity contribution in [3.8, 4) is 0 Å². The lowest BCUT2D eigenvalue weighted by atomic mass is 9.79. The molecule has 2 aliphatic rings. The van der Waals surface area contributed by atoms with Crippen molar-refractivity contribution in [3.05, 3.63) is 34.9 Å². The topological polar surface area (TPSA) is 65.5 Å². The Bertz CT molecular complexity index is 881. The Morgan fingerprint density at radius 3 is 2.82 bits per heavy atom. The molecule has 2 atom stereocenters. The Kier molecular flexibility index (Phi) is 5.48. The van der Waals surface area contributed by atoms with E-state index in [9.17, 15) is 9.90 Å². The predicted octanol–water partition coefficient (Wildman–Crippen LogP) is 4.16. The van der Waals surface area contributed by atoms with E-state index in [0.29, 0.717) is 16.5 Å². The van der Waals surface area contributed by atoms with Gasteiger partial charge in [-0.1, -0.05) is 31.4 Å². The van der Waals surface area contributed by atoms with Crippen molar-refractivity contribution in [2.45, 2.75) is 51.0 Å². The van der Waals surface area contributed by atoms with Crippen LogP contribution in [0.5, 0.6) is 0 Å². The van der Waals surface area contributed by atoms with Crippen molar-refractivity contribution >= 4 is 34.2 Å². The monoisotopic (exact) mass is 401 g/mol. The highest BCUT2D eigenvalue weighted by Crippen LogP contribution is 2.32. The van der Waals surface area contributed by atoms with Crippen LogP contribution in [0.25, 0.3) is 10.9 Å². The van der Waals surface area contributed by atoms with Gasteiger partial charge in [0.05, 0.1) is 21.7 Å². The number of nitrogens with zero attached hydrogens (tertiary/aromatic N) is 2. The van der Waals surface area contributed by atoms with Crippen LogP contribution in [0, 0.1) is 5.92 Å². The molecule has 0 bridgehead atoms. The predicted molar refractivity (Wildman–Crippen MR) is 113 cm³/mol. The second-order valence-corrected chi connectivity index (χ2v) is 8.87. The number of nitrogens with one attached hydrogen (secondary N) is 1. The van der Waals surface area contributed by atoms with E-state index in [0.717, 1.165) is 55.5 Å². The van der Waals surface area contributed by atoms with E-state index in [-0.39, 0.29) is 12.5 Å². The number of fused-ring (bicyclic) bond motifs is 1. The minimum Gasteiger partial charge on any atom is -0.388 e. The van der Waals surface area contributed by atoms with Gasteiger partial charge in [-0.3, -0.25) is 4.79 Å². The Labute approximate surface area is 171 Å². The van der Waals surface area contributed by atoms with Crippen LogP contribution in [0.2, 0.25) is 5.02 Å². The zero-order valence-corrected chi connectivity index (χ0v) is 17.1. The number of anilines is 1. The van der Waals surface area contributed by atoms with E-state index >= 15 is 0 Å². The minimum absolute atomic E-state index is 0.252. The summed E-state index contributed by atoms with van der Waals surface area (Å²) in [6.07, 6.45) is 5.95. The number of benzene rings is 1. The zero-order chi connectivity index (χ0) is 19.7. The molecule has 1 amide bonds. The molecule has 2 heterocycles. The first-order chi connectivity index (χ1) is 13.5. The molecule has 5 nitrogen and oxygen atoms in total. The number of aromatic nitrogens is 1. The maximum atomic E-state index is 12.9. The van der Waals surface area contributed by atoms with Gasteiger partial charge < -0.3 is 15.3 Å². The number of hydrogen-bond donors (Lipinski definition) is 2. The summed E-state index contributed by atoms with van der Waals surface area (Å²) in [5.74, 6) is 1.17. The Morgan fingerprint density at radius 2 is 2.07 bits per heavy atom. The average Bonchev–Trinajstić information content (AvgIpc) is 3.20. The number of aliphatic hydroxyl groups is 1. The molecule has 1 aromatic heterocycles. The molecule has 2 fully saturated rings. The van der Waals surface area contributed by atoms with E-state index in [2.05, 4.69) is 17.1 Å². The van der Waals surface area contributed by atoms with E-state index in [1.54, 1.807) is 6.07 Å². The highest BCUT2D eigenvalue weighted by Gasteiger charge is 2.33. The summed E-state index contributed by atoms with van der Waals surface area (Å²) < 4.78 is 0. The summed E-state index contributed by atoms with van der Waals surface area (Å²) in [5, 5.41) is 14.9. The fourth-order valence-corrected chi connectivity index (χ4v) is 4.90. The minimum atomic E-state index is -0.828. The van der Waals surface area contributed by atoms with E-state index in [1.165, 1.54) is 12.8 Å². The van der Waals surface area contributed by atoms with Crippen molar-refractivity contribution in [3.63, 3.8) is 0 Å². The molecule has 1 aromatic carbocycles. The SMILES string of the molecule is C[C@H]1CCCC(O)(CNC(=O)c2c(Cl)ccc3nc(N4CCCC4)ccc23)C1. The number of amides is 1. The molecule has 1 aliphatic carbocycles. The van der Waals surface area contributed by atoms with Crippen LogP contribution in [-0.4, -0.2) is 41.2 Å². The third-order valence-electron chi connectivity index (χ3n) is 6.11. The van der Waals surface area contributed by atoms with Gasteiger partial charge in [-0.2, -0.15) is 0 Å². The fourth-order valence-electron chi connectivity index (χ4n) is 4.65. The van der Waals surface area contributed by atoms with Gasteiger partial charge in [0.1, 0.15) is 5.82 Å². The van der Waals surface area contributed by atoms with Crippen LogP contribution in [0.4, 0.5) is 5.82 Å². The average molecular weight is 402 g/mol. The normalized spacial score (nSPS) is 25.2. The molecular formula is C22H28ClN3O2. The molecule has 1 saturated carbocycles. The number of carbonyl (C=O) groups is 1. The van der Waals surface area contributed by atoms with Gasteiger partial charge in [-0.15, -0.1) is 0 Å². The maximum Gasteiger partial charge on any atom is 0.253 e. The second-order valence-electron chi connectivity index (χ2n) is 8.46. The van der Waals surface area contributed by atoms with Gasteiger partial charge >= 0.3 is 0 Å². The summed E-state index contributed by atoms with van der Waals surface area (Å²) in [6, 6.07) is 7.51. The first-order valence-electron chi connectivity index (χ1n) is 10.3. The van der Waals surface area contributed by atoms with Crippen molar-refractivity contribution < 1.29 is 9.90 Å². The van der Waals surface area contributed by atoms with Gasteiger partial charge in [0.2, 0.25) is 0 Å². The van der Waals surface area contributed by atoms with Crippen LogP contribution in [-0.2, 0) is 0 Å². The molecule has 2 aromatic rings. The van der Waals surface area contributed by atoms with Crippen LogP contribution in [0.3, 0.4) is 0 Å².